The van der Waals surface area contributed by atoms with Crippen LogP contribution in [0, 0.1) is 0 Å². The summed E-state index contributed by atoms with van der Waals surface area (Å²) in [5.74, 6) is -0.712. The molecule has 0 unspecified atom stereocenters. The average molecular weight is 220 g/mol. The van der Waals surface area contributed by atoms with Crippen molar-refractivity contribution in [2.75, 3.05) is 0 Å². The fourth-order valence-corrected chi connectivity index (χ4v) is 2.68. The van der Waals surface area contributed by atoms with Crippen molar-refractivity contribution >= 4 is 27.4 Å². The molecule has 0 aliphatic heterocycles. The van der Waals surface area contributed by atoms with Crippen LogP contribution in [0.1, 0.15) is 17.7 Å². The molecule has 0 saturated carbocycles. The van der Waals surface area contributed by atoms with Crippen LogP contribution < -0.4 is 0 Å². The third kappa shape index (κ3) is 2.57. The lowest BCUT2D eigenvalue weighted by Crippen LogP contribution is -1.94. The van der Waals surface area contributed by atoms with Crippen molar-refractivity contribution in [1.82, 2.24) is 0 Å². The van der Waals surface area contributed by atoms with Gasteiger partial charge in [0.2, 0.25) is 0 Å². The van der Waals surface area contributed by atoms with Crippen LogP contribution in [0.5, 0.6) is 0 Å². The Morgan fingerprint density at radius 3 is 2.87 bits per heavy atom. The van der Waals surface area contributed by atoms with E-state index in [1.165, 1.54) is 15.0 Å². The van der Waals surface area contributed by atoms with Crippen LogP contribution in [-0.2, 0) is 11.2 Å². The quantitative estimate of drug-likeness (QED) is 0.858. The van der Waals surface area contributed by atoms with E-state index in [4.69, 9.17) is 5.11 Å². The van der Waals surface area contributed by atoms with Gasteiger partial charge in [-0.15, -0.1) is 11.3 Å². The van der Waals surface area contributed by atoms with Crippen molar-refractivity contribution in [2.45, 2.75) is 19.3 Å². The predicted molar refractivity (Wildman–Crippen MR) is 62.4 cm³/mol. The Morgan fingerprint density at radius 2 is 2.13 bits per heavy atom. The monoisotopic (exact) mass is 220 g/mol. The number of rotatable bonds is 4. The Kier molecular flexibility index (Phi) is 3.02. The number of hydrogen-bond donors (Lipinski definition) is 1. The van der Waals surface area contributed by atoms with Crippen LogP contribution >= 0.6 is 11.3 Å². The number of aryl methyl sites for hydroxylation is 1. The molecule has 0 aliphatic rings. The summed E-state index contributed by atoms with van der Waals surface area (Å²) in [6, 6.07) is 10.4. The van der Waals surface area contributed by atoms with E-state index in [0.717, 1.165) is 12.8 Å². The zero-order valence-electron chi connectivity index (χ0n) is 8.27. The molecule has 1 N–H and O–H groups in total. The number of hydrogen-bond acceptors (Lipinski definition) is 2. The van der Waals surface area contributed by atoms with Crippen molar-refractivity contribution in [3.63, 3.8) is 0 Å². The second kappa shape index (κ2) is 4.45. The van der Waals surface area contributed by atoms with Crippen LogP contribution in [0.25, 0.3) is 10.1 Å². The largest absolute Gasteiger partial charge is 0.481 e. The summed E-state index contributed by atoms with van der Waals surface area (Å²) >= 11 is 1.76. The van der Waals surface area contributed by atoms with Crippen LogP contribution in [0.4, 0.5) is 0 Å². The molecule has 1 aromatic carbocycles. The number of benzene rings is 1. The van der Waals surface area contributed by atoms with Crippen molar-refractivity contribution in [2.24, 2.45) is 0 Å². The molecule has 3 heteroatoms. The highest BCUT2D eigenvalue weighted by molar-refractivity contribution is 7.19. The van der Waals surface area contributed by atoms with E-state index in [1.54, 1.807) is 11.3 Å². The average Bonchev–Trinajstić information content (AvgIpc) is 2.59. The summed E-state index contributed by atoms with van der Waals surface area (Å²) in [4.78, 5) is 11.6. The first-order valence-corrected chi connectivity index (χ1v) is 5.76. The van der Waals surface area contributed by atoms with E-state index in [1.807, 2.05) is 12.1 Å². The standard InChI is InChI=1S/C12H12O2S/c13-12(14)7-3-5-10-8-9-4-1-2-6-11(9)15-10/h1-2,4,6,8H,3,5,7H2,(H,13,14). The number of carboxylic acid groups (broad SMARTS) is 1. The number of carbonyl (C=O) groups is 1. The van der Waals surface area contributed by atoms with E-state index in [-0.39, 0.29) is 6.42 Å². The van der Waals surface area contributed by atoms with Gasteiger partial charge in [0, 0.05) is 16.0 Å². The number of aliphatic carboxylic acids is 1. The van der Waals surface area contributed by atoms with Crippen LogP contribution in [0.15, 0.2) is 30.3 Å². The topological polar surface area (TPSA) is 37.3 Å². The van der Waals surface area contributed by atoms with Gasteiger partial charge in [-0.25, -0.2) is 0 Å². The van der Waals surface area contributed by atoms with Gasteiger partial charge in [0.1, 0.15) is 0 Å². The Bertz CT molecular complexity index is 440. The summed E-state index contributed by atoms with van der Waals surface area (Å²) in [5, 5.41) is 9.79. The van der Waals surface area contributed by atoms with E-state index in [2.05, 4.69) is 18.2 Å². The Morgan fingerprint density at radius 1 is 1.33 bits per heavy atom. The highest BCUT2D eigenvalue weighted by Crippen LogP contribution is 2.26. The minimum Gasteiger partial charge on any atom is -0.481 e. The van der Waals surface area contributed by atoms with Crippen molar-refractivity contribution in [3.05, 3.63) is 35.2 Å². The predicted octanol–water partition coefficient (Wildman–Crippen LogP) is 3.31. The Hall–Kier alpha value is -1.35. The normalized spacial score (nSPS) is 10.7. The number of fused-ring (bicyclic) bond motifs is 1. The summed E-state index contributed by atoms with van der Waals surface area (Å²) < 4.78 is 1.28. The SMILES string of the molecule is O=C(O)CCCc1cc2ccccc2s1. The Balaban J connectivity index is 2.05. The van der Waals surface area contributed by atoms with Gasteiger partial charge in [-0.1, -0.05) is 18.2 Å². The fourth-order valence-electron chi connectivity index (χ4n) is 1.57. The molecule has 0 fully saturated rings. The second-order valence-electron chi connectivity index (χ2n) is 3.50. The molecule has 0 amide bonds. The number of carboxylic acids is 1. The molecular formula is C12H12O2S. The third-order valence-corrected chi connectivity index (χ3v) is 3.47. The van der Waals surface area contributed by atoms with Crippen molar-refractivity contribution in [1.29, 1.82) is 0 Å². The summed E-state index contributed by atoms with van der Waals surface area (Å²) in [6.45, 7) is 0. The van der Waals surface area contributed by atoms with Gasteiger partial charge in [0.05, 0.1) is 0 Å². The maximum absolute atomic E-state index is 10.4. The van der Waals surface area contributed by atoms with E-state index in [9.17, 15) is 4.79 Å². The van der Waals surface area contributed by atoms with Gasteiger partial charge in [-0.3, -0.25) is 4.79 Å². The van der Waals surface area contributed by atoms with Gasteiger partial charge in [0.25, 0.3) is 0 Å². The van der Waals surface area contributed by atoms with Gasteiger partial charge < -0.3 is 5.11 Å². The van der Waals surface area contributed by atoms with Crippen LogP contribution in [-0.4, -0.2) is 11.1 Å². The lowest BCUT2D eigenvalue weighted by molar-refractivity contribution is -0.137. The first kappa shape index (κ1) is 10.2. The fraction of sp³-hybridized carbons (Fsp3) is 0.250. The molecule has 0 bridgehead atoms. The Labute approximate surface area is 92.2 Å². The molecular weight excluding hydrogens is 208 g/mol. The zero-order valence-corrected chi connectivity index (χ0v) is 9.09. The molecule has 15 heavy (non-hydrogen) atoms. The van der Waals surface area contributed by atoms with Crippen molar-refractivity contribution in [3.8, 4) is 0 Å². The molecule has 2 rings (SSSR count). The molecule has 0 atom stereocenters. The molecule has 0 saturated heterocycles. The minimum absolute atomic E-state index is 0.258. The maximum Gasteiger partial charge on any atom is 0.303 e. The molecule has 0 radical (unpaired) electrons. The van der Waals surface area contributed by atoms with E-state index >= 15 is 0 Å². The van der Waals surface area contributed by atoms with Gasteiger partial charge >= 0.3 is 5.97 Å². The first-order chi connectivity index (χ1) is 7.25. The third-order valence-electron chi connectivity index (χ3n) is 2.29. The smallest absolute Gasteiger partial charge is 0.303 e. The van der Waals surface area contributed by atoms with Gasteiger partial charge in [-0.05, 0) is 30.4 Å². The van der Waals surface area contributed by atoms with E-state index < -0.39 is 5.97 Å². The lowest BCUT2D eigenvalue weighted by atomic mass is 10.2. The minimum atomic E-state index is -0.712. The molecule has 1 heterocycles. The highest BCUT2D eigenvalue weighted by atomic mass is 32.1. The van der Waals surface area contributed by atoms with Gasteiger partial charge in [0.15, 0.2) is 0 Å². The molecule has 2 aromatic rings. The second-order valence-corrected chi connectivity index (χ2v) is 4.67. The van der Waals surface area contributed by atoms with Gasteiger partial charge in [-0.2, -0.15) is 0 Å². The molecule has 1 aromatic heterocycles. The summed E-state index contributed by atoms with van der Waals surface area (Å²) in [5.41, 5.74) is 0. The number of thiophene rings is 1. The van der Waals surface area contributed by atoms with Crippen molar-refractivity contribution < 1.29 is 9.90 Å². The first-order valence-electron chi connectivity index (χ1n) is 4.95. The zero-order chi connectivity index (χ0) is 10.7. The van der Waals surface area contributed by atoms with Crippen LogP contribution in [0.2, 0.25) is 0 Å². The van der Waals surface area contributed by atoms with E-state index in [0.29, 0.717) is 0 Å². The molecule has 2 nitrogen and oxygen atoms in total. The molecule has 78 valence electrons. The highest BCUT2D eigenvalue weighted by Gasteiger charge is 2.02. The molecule has 0 spiro atoms. The summed E-state index contributed by atoms with van der Waals surface area (Å²) in [7, 11) is 0. The lowest BCUT2D eigenvalue weighted by Gasteiger charge is -1.92. The molecule has 0 aliphatic carbocycles. The summed E-state index contributed by atoms with van der Waals surface area (Å²) in [6.07, 6.45) is 1.85. The van der Waals surface area contributed by atoms with Crippen LogP contribution in [0.3, 0.4) is 0 Å². The maximum atomic E-state index is 10.4.